The number of amides is 2. The summed E-state index contributed by atoms with van der Waals surface area (Å²) >= 11 is 0. The molecule has 0 bridgehead atoms. The Morgan fingerprint density at radius 3 is 2.30 bits per heavy atom. The predicted molar refractivity (Wildman–Crippen MR) is 112 cm³/mol. The fraction of sp³-hybridized carbons (Fsp3) is 0.273. The van der Waals surface area contributed by atoms with Crippen LogP contribution in [0.2, 0.25) is 0 Å². The number of carbonyl (C=O) groups excluding carboxylic acids is 4. The van der Waals surface area contributed by atoms with E-state index in [0.29, 0.717) is 11.4 Å². The summed E-state index contributed by atoms with van der Waals surface area (Å²) in [5.41, 5.74) is 1.77. The number of benzene rings is 2. The van der Waals surface area contributed by atoms with Crippen LogP contribution in [-0.2, 0) is 19.1 Å². The molecule has 2 aromatic carbocycles. The van der Waals surface area contributed by atoms with E-state index in [2.05, 4.69) is 10.6 Å². The van der Waals surface area contributed by atoms with Crippen LogP contribution in [0.4, 0.5) is 11.4 Å². The number of rotatable bonds is 9. The lowest BCUT2D eigenvalue weighted by Gasteiger charge is -2.12. The van der Waals surface area contributed by atoms with E-state index in [1.54, 1.807) is 6.07 Å². The Morgan fingerprint density at radius 1 is 0.933 bits per heavy atom. The van der Waals surface area contributed by atoms with Gasteiger partial charge in [-0.25, -0.2) is 0 Å². The van der Waals surface area contributed by atoms with Crippen LogP contribution in [0.15, 0.2) is 42.5 Å². The zero-order chi connectivity index (χ0) is 22.1. The van der Waals surface area contributed by atoms with Gasteiger partial charge in [-0.05, 0) is 36.8 Å². The lowest BCUT2D eigenvalue weighted by molar-refractivity contribution is -0.143. The van der Waals surface area contributed by atoms with E-state index >= 15 is 0 Å². The van der Waals surface area contributed by atoms with Crippen molar-refractivity contribution in [1.29, 1.82) is 0 Å². The molecule has 2 aromatic rings. The summed E-state index contributed by atoms with van der Waals surface area (Å²) in [5.74, 6) is -1.05. The van der Waals surface area contributed by atoms with Crippen LogP contribution >= 0.6 is 0 Å². The fourth-order valence-electron chi connectivity index (χ4n) is 2.62. The first-order valence-corrected chi connectivity index (χ1v) is 9.32. The highest BCUT2D eigenvalue weighted by molar-refractivity contribution is 6.06. The molecule has 0 atom stereocenters. The topological polar surface area (TPSA) is 111 Å². The molecule has 2 rings (SSSR count). The molecule has 8 nitrogen and oxygen atoms in total. The highest BCUT2D eigenvalue weighted by Gasteiger charge is 2.16. The lowest BCUT2D eigenvalue weighted by Crippen LogP contribution is -2.18. The van der Waals surface area contributed by atoms with E-state index in [9.17, 15) is 19.2 Å². The minimum Gasteiger partial charge on any atom is -0.493 e. The third-order valence-electron chi connectivity index (χ3n) is 3.97. The molecular formula is C22H24N2O6. The Labute approximate surface area is 174 Å². The van der Waals surface area contributed by atoms with Crippen LogP contribution < -0.4 is 15.4 Å². The van der Waals surface area contributed by atoms with Gasteiger partial charge in [0.1, 0.15) is 5.75 Å². The zero-order valence-electron chi connectivity index (χ0n) is 17.1. The quantitative estimate of drug-likeness (QED) is 0.484. The normalized spacial score (nSPS) is 10.1. The van der Waals surface area contributed by atoms with E-state index in [0.717, 1.165) is 5.56 Å². The number of hydrogen-bond acceptors (Lipinski definition) is 6. The number of ketones is 1. The molecule has 0 aliphatic heterocycles. The van der Waals surface area contributed by atoms with Crippen molar-refractivity contribution in [2.24, 2.45) is 0 Å². The van der Waals surface area contributed by atoms with Crippen molar-refractivity contribution >= 4 is 34.9 Å². The molecule has 2 amide bonds. The van der Waals surface area contributed by atoms with Crippen LogP contribution in [-0.4, -0.2) is 36.8 Å². The van der Waals surface area contributed by atoms with E-state index in [1.807, 2.05) is 25.1 Å². The van der Waals surface area contributed by atoms with Gasteiger partial charge >= 0.3 is 5.97 Å². The van der Waals surface area contributed by atoms with Gasteiger partial charge in [-0.3, -0.25) is 19.2 Å². The Bertz CT molecular complexity index is 954. The van der Waals surface area contributed by atoms with Crippen LogP contribution in [0, 0.1) is 6.92 Å². The molecule has 0 heterocycles. The predicted octanol–water partition coefficient (Wildman–Crippen LogP) is 3.11. The minimum absolute atomic E-state index is 0.0123. The smallest absolute Gasteiger partial charge is 0.309 e. The number of Topliss-reactive ketones (excluding diaryl/α,β-unsaturated/α-hetero) is 1. The van der Waals surface area contributed by atoms with Gasteiger partial charge in [-0.1, -0.05) is 18.2 Å². The second-order valence-corrected chi connectivity index (χ2v) is 6.57. The lowest BCUT2D eigenvalue weighted by atomic mass is 10.1. The minimum atomic E-state index is -0.576. The number of nitrogens with one attached hydrogen (secondary N) is 2. The second-order valence-electron chi connectivity index (χ2n) is 6.57. The maximum Gasteiger partial charge on any atom is 0.309 e. The molecule has 158 valence electrons. The molecule has 8 heteroatoms. The van der Waals surface area contributed by atoms with Crippen molar-refractivity contribution in [3.8, 4) is 5.75 Å². The molecule has 0 fully saturated rings. The van der Waals surface area contributed by atoms with E-state index in [1.165, 1.54) is 32.0 Å². The fourth-order valence-corrected chi connectivity index (χ4v) is 2.62. The first kappa shape index (κ1) is 22.6. The monoisotopic (exact) mass is 412 g/mol. The molecule has 30 heavy (non-hydrogen) atoms. The summed E-state index contributed by atoms with van der Waals surface area (Å²) in [5, 5.41) is 5.12. The van der Waals surface area contributed by atoms with Gasteiger partial charge in [0, 0.05) is 25.1 Å². The maximum absolute atomic E-state index is 12.5. The van der Waals surface area contributed by atoms with Crippen molar-refractivity contribution in [2.75, 3.05) is 23.8 Å². The molecule has 0 saturated carbocycles. The van der Waals surface area contributed by atoms with Gasteiger partial charge in [0.2, 0.25) is 17.6 Å². The first-order chi connectivity index (χ1) is 14.3. The summed E-state index contributed by atoms with van der Waals surface area (Å²) in [7, 11) is 0. The Kier molecular flexibility index (Phi) is 8.10. The van der Waals surface area contributed by atoms with Gasteiger partial charge in [0.05, 0.1) is 18.7 Å². The van der Waals surface area contributed by atoms with Crippen LogP contribution in [0.5, 0.6) is 5.75 Å². The molecule has 0 saturated heterocycles. The van der Waals surface area contributed by atoms with Crippen molar-refractivity contribution < 1.29 is 28.7 Å². The summed E-state index contributed by atoms with van der Waals surface area (Å²) < 4.78 is 10.6. The van der Waals surface area contributed by atoms with Gasteiger partial charge < -0.3 is 20.1 Å². The number of ether oxygens (including phenoxy) is 2. The SMILES string of the molecule is CC(=O)Nc1ccc(C(=O)COC(=O)CCOc2ccccc2C)c(NC(C)=O)c1. The molecule has 0 aromatic heterocycles. The molecule has 0 aliphatic carbocycles. The van der Waals surface area contributed by atoms with E-state index in [-0.39, 0.29) is 36.1 Å². The van der Waals surface area contributed by atoms with Crippen LogP contribution in [0.1, 0.15) is 36.2 Å². The summed E-state index contributed by atoms with van der Waals surface area (Å²) in [6.07, 6.45) is -0.0123. The molecule has 0 aliphatic rings. The average Bonchev–Trinajstić information content (AvgIpc) is 2.67. The summed E-state index contributed by atoms with van der Waals surface area (Å²) in [6.45, 7) is 4.19. The number of hydrogen-bond donors (Lipinski definition) is 2. The van der Waals surface area contributed by atoms with Crippen molar-refractivity contribution in [3.05, 3.63) is 53.6 Å². The highest BCUT2D eigenvalue weighted by Crippen LogP contribution is 2.22. The largest absolute Gasteiger partial charge is 0.493 e. The van der Waals surface area contributed by atoms with E-state index in [4.69, 9.17) is 9.47 Å². The number of para-hydroxylation sites is 1. The number of anilines is 2. The van der Waals surface area contributed by atoms with Crippen LogP contribution in [0.3, 0.4) is 0 Å². The number of esters is 1. The van der Waals surface area contributed by atoms with Crippen molar-refractivity contribution in [1.82, 2.24) is 0 Å². The number of carbonyl (C=O) groups is 4. The van der Waals surface area contributed by atoms with E-state index < -0.39 is 18.4 Å². The maximum atomic E-state index is 12.5. The molecule has 2 N–H and O–H groups in total. The molecule has 0 spiro atoms. The number of aryl methyl sites for hydroxylation is 1. The second kappa shape index (κ2) is 10.8. The average molecular weight is 412 g/mol. The van der Waals surface area contributed by atoms with Gasteiger partial charge in [-0.2, -0.15) is 0 Å². The standard InChI is InChI=1S/C22H24N2O6/c1-14-6-4-5-7-21(14)29-11-10-22(28)30-13-20(27)18-9-8-17(23-15(2)25)12-19(18)24-16(3)26/h4-9,12H,10-11,13H2,1-3H3,(H,23,25)(H,24,26). The van der Waals surface area contributed by atoms with Gasteiger partial charge in [0.15, 0.2) is 6.61 Å². The molecule has 0 unspecified atom stereocenters. The molecule has 0 radical (unpaired) electrons. The third-order valence-corrected chi connectivity index (χ3v) is 3.97. The highest BCUT2D eigenvalue weighted by atomic mass is 16.5. The zero-order valence-corrected chi connectivity index (χ0v) is 17.1. The summed E-state index contributed by atoms with van der Waals surface area (Å²) in [4.78, 5) is 47.0. The van der Waals surface area contributed by atoms with Gasteiger partial charge in [0.25, 0.3) is 0 Å². The Hall–Kier alpha value is -3.68. The van der Waals surface area contributed by atoms with Crippen LogP contribution in [0.25, 0.3) is 0 Å². The first-order valence-electron chi connectivity index (χ1n) is 9.32. The summed E-state index contributed by atoms with van der Waals surface area (Å²) in [6, 6.07) is 11.9. The Balaban J connectivity index is 1.92. The van der Waals surface area contributed by atoms with Gasteiger partial charge in [-0.15, -0.1) is 0 Å². The third kappa shape index (κ3) is 7.05. The van der Waals surface area contributed by atoms with Crippen molar-refractivity contribution in [2.45, 2.75) is 27.2 Å². The van der Waals surface area contributed by atoms with Crippen molar-refractivity contribution in [3.63, 3.8) is 0 Å². The Morgan fingerprint density at radius 2 is 1.63 bits per heavy atom. The molecular weight excluding hydrogens is 388 g/mol.